The van der Waals surface area contributed by atoms with E-state index in [4.69, 9.17) is 10.5 Å². The quantitative estimate of drug-likeness (QED) is 0.643. The maximum atomic E-state index is 11.5. The second-order valence-corrected chi connectivity index (χ2v) is 3.85. The zero-order valence-electron chi connectivity index (χ0n) is 9.64. The van der Waals surface area contributed by atoms with Crippen LogP contribution in [0.3, 0.4) is 0 Å². The lowest BCUT2D eigenvalue weighted by Gasteiger charge is -2.26. The predicted octanol–water partition coefficient (Wildman–Crippen LogP) is 2.24. The zero-order valence-corrected chi connectivity index (χ0v) is 9.64. The van der Waals surface area contributed by atoms with Crippen molar-refractivity contribution in [2.75, 3.05) is 7.11 Å². The molecule has 3 nitrogen and oxygen atoms in total. The molecule has 0 spiro atoms. The molecule has 0 radical (unpaired) electrons. The van der Waals surface area contributed by atoms with Gasteiger partial charge in [-0.15, -0.1) is 0 Å². The van der Waals surface area contributed by atoms with Crippen molar-refractivity contribution in [1.29, 1.82) is 0 Å². The van der Waals surface area contributed by atoms with Crippen LogP contribution in [0.4, 0.5) is 0 Å². The summed E-state index contributed by atoms with van der Waals surface area (Å²) in [4.78, 5) is 11.5. The lowest BCUT2D eigenvalue weighted by atomic mass is 9.88. The molecule has 0 aromatic rings. The van der Waals surface area contributed by atoms with Gasteiger partial charge in [0.1, 0.15) is 5.54 Å². The summed E-state index contributed by atoms with van der Waals surface area (Å²) in [5.41, 5.74) is 5.30. The van der Waals surface area contributed by atoms with Crippen LogP contribution < -0.4 is 5.73 Å². The summed E-state index contributed by atoms with van der Waals surface area (Å²) in [6.07, 6.45) is 5.54. The van der Waals surface area contributed by atoms with Gasteiger partial charge in [-0.2, -0.15) is 0 Å². The normalized spacial score (nSPS) is 11.4. The molecule has 0 aliphatic carbocycles. The van der Waals surface area contributed by atoms with Gasteiger partial charge in [0.05, 0.1) is 7.11 Å². The van der Waals surface area contributed by atoms with E-state index in [9.17, 15) is 4.79 Å². The molecule has 0 saturated carbocycles. The number of methoxy groups -OCH3 is 1. The molecule has 0 aromatic heterocycles. The van der Waals surface area contributed by atoms with Gasteiger partial charge in [0.15, 0.2) is 0 Å². The number of nitrogens with two attached hydrogens (primary N) is 1. The van der Waals surface area contributed by atoms with Crippen molar-refractivity contribution in [2.24, 2.45) is 5.73 Å². The molecule has 0 atom stereocenters. The Bertz CT molecular complexity index is 161. The molecule has 3 heteroatoms. The van der Waals surface area contributed by atoms with Crippen molar-refractivity contribution < 1.29 is 9.53 Å². The summed E-state index contributed by atoms with van der Waals surface area (Å²) < 4.78 is 4.75. The molecule has 0 aliphatic rings. The summed E-state index contributed by atoms with van der Waals surface area (Å²) in [7, 11) is 1.40. The van der Waals surface area contributed by atoms with E-state index in [2.05, 4.69) is 13.8 Å². The van der Waals surface area contributed by atoms with E-state index >= 15 is 0 Å². The summed E-state index contributed by atoms with van der Waals surface area (Å²) in [6, 6.07) is 0. The van der Waals surface area contributed by atoms with Gasteiger partial charge in [-0.25, -0.2) is 0 Å². The lowest BCUT2D eigenvalue weighted by Crippen LogP contribution is -2.48. The average molecular weight is 201 g/mol. The third kappa shape index (κ3) is 4.09. The fourth-order valence-electron chi connectivity index (χ4n) is 1.52. The third-order valence-corrected chi connectivity index (χ3v) is 2.54. The van der Waals surface area contributed by atoms with Gasteiger partial charge in [-0.3, -0.25) is 4.79 Å². The highest BCUT2D eigenvalue weighted by atomic mass is 16.5. The van der Waals surface area contributed by atoms with Gasteiger partial charge in [0.2, 0.25) is 0 Å². The predicted molar refractivity (Wildman–Crippen MR) is 58.0 cm³/mol. The summed E-state index contributed by atoms with van der Waals surface area (Å²) in [5, 5.41) is 0. The number of esters is 1. The molecule has 0 heterocycles. The van der Waals surface area contributed by atoms with Crippen LogP contribution in [0.2, 0.25) is 0 Å². The second kappa shape index (κ2) is 6.82. The first kappa shape index (κ1) is 13.4. The van der Waals surface area contributed by atoms with Crippen molar-refractivity contribution in [3.8, 4) is 0 Å². The molecule has 0 aromatic carbocycles. The first-order chi connectivity index (χ1) is 6.60. The Morgan fingerprint density at radius 2 is 1.64 bits per heavy atom. The third-order valence-electron chi connectivity index (χ3n) is 2.54. The van der Waals surface area contributed by atoms with E-state index in [1.807, 2.05) is 0 Å². The number of rotatable bonds is 7. The van der Waals surface area contributed by atoms with Gasteiger partial charge < -0.3 is 10.5 Å². The number of carbonyl (C=O) groups excluding carboxylic acids is 1. The summed E-state index contributed by atoms with van der Waals surface area (Å²) in [5.74, 6) is -0.264. The fraction of sp³-hybridized carbons (Fsp3) is 0.909. The van der Waals surface area contributed by atoms with Crippen molar-refractivity contribution in [2.45, 2.75) is 57.9 Å². The first-order valence-corrected chi connectivity index (χ1v) is 5.48. The number of unbranched alkanes of at least 4 members (excludes halogenated alkanes) is 2. The topological polar surface area (TPSA) is 52.3 Å². The highest BCUT2D eigenvalue weighted by Gasteiger charge is 2.33. The number of hydrogen-bond acceptors (Lipinski definition) is 3. The van der Waals surface area contributed by atoms with E-state index in [-0.39, 0.29) is 5.97 Å². The minimum atomic E-state index is -0.749. The van der Waals surface area contributed by atoms with Crippen LogP contribution in [0.1, 0.15) is 52.4 Å². The van der Waals surface area contributed by atoms with Gasteiger partial charge in [0.25, 0.3) is 0 Å². The minimum absolute atomic E-state index is 0.264. The van der Waals surface area contributed by atoms with E-state index in [0.29, 0.717) is 0 Å². The highest BCUT2D eigenvalue weighted by molar-refractivity contribution is 5.80. The molecule has 84 valence electrons. The fourth-order valence-corrected chi connectivity index (χ4v) is 1.52. The minimum Gasteiger partial charge on any atom is -0.468 e. The van der Waals surface area contributed by atoms with Crippen LogP contribution in [0.25, 0.3) is 0 Å². The van der Waals surface area contributed by atoms with Crippen molar-refractivity contribution in [3.63, 3.8) is 0 Å². The van der Waals surface area contributed by atoms with Crippen LogP contribution >= 0.6 is 0 Å². The highest BCUT2D eigenvalue weighted by Crippen LogP contribution is 2.20. The maximum absolute atomic E-state index is 11.5. The van der Waals surface area contributed by atoms with E-state index in [1.165, 1.54) is 7.11 Å². The lowest BCUT2D eigenvalue weighted by molar-refractivity contribution is -0.147. The molecule has 2 N–H and O–H groups in total. The van der Waals surface area contributed by atoms with Crippen LogP contribution in [-0.2, 0) is 9.53 Å². The number of hydrogen-bond donors (Lipinski definition) is 1. The first-order valence-electron chi connectivity index (χ1n) is 5.48. The molecular weight excluding hydrogens is 178 g/mol. The molecule has 0 amide bonds. The number of carbonyl (C=O) groups is 1. The Kier molecular flexibility index (Phi) is 6.54. The molecule has 0 bridgehead atoms. The summed E-state index contributed by atoms with van der Waals surface area (Å²) in [6.45, 7) is 4.19. The van der Waals surface area contributed by atoms with E-state index in [1.54, 1.807) is 0 Å². The van der Waals surface area contributed by atoms with Gasteiger partial charge in [0, 0.05) is 0 Å². The zero-order chi connectivity index (χ0) is 11.0. The number of ether oxygens (including phenoxy) is 1. The molecular formula is C11H23NO2. The molecule has 0 rings (SSSR count). The Labute approximate surface area is 87.0 Å². The SMILES string of the molecule is CCCCC(N)(CCCC)C(=O)OC. The molecule has 14 heavy (non-hydrogen) atoms. The van der Waals surface area contributed by atoms with Crippen molar-refractivity contribution >= 4 is 5.97 Å². The molecule has 0 fully saturated rings. The van der Waals surface area contributed by atoms with Gasteiger partial charge in [-0.1, -0.05) is 39.5 Å². The van der Waals surface area contributed by atoms with Crippen LogP contribution in [0, 0.1) is 0 Å². The smallest absolute Gasteiger partial charge is 0.325 e. The van der Waals surface area contributed by atoms with E-state index in [0.717, 1.165) is 38.5 Å². The molecule has 0 saturated heterocycles. The standard InChI is InChI=1S/C11H23NO2/c1-4-6-8-11(12,9-7-5-2)10(13)14-3/h4-9,12H2,1-3H3. The van der Waals surface area contributed by atoms with Crippen LogP contribution in [-0.4, -0.2) is 18.6 Å². The summed E-state index contributed by atoms with van der Waals surface area (Å²) >= 11 is 0. The van der Waals surface area contributed by atoms with Crippen LogP contribution in [0.15, 0.2) is 0 Å². The molecule has 0 aliphatic heterocycles. The van der Waals surface area contributed by atoms with Gasteiger partial charge >= 0.3 is 5.97 Å². The Morgan fingerprint density at radius 3 is 1.93 bits per heavy atom. The monoisotopic (exact) mass is 201 g/mol. The second-order valence-electron chi connectivity index (χ2n) is 3.85. The van der Waals surface area contributed by atoms with Crippen LogP contribution in [0.5, 0.6) is 0 Å². The largest absolute Gasteiger partial charge is 0.468 e. The van der Waals surface area contributed by atoms with Crippen molar-refractivity contribution in [3.05, 3.63) is 0 Å². The average Bonchev–Trinajstić information content (AvgIpc) is 2.22. The Balaban J connectivity index is 4.24. The Hall–Kier alpha value is -0.570. The Morgan fingerprint density at radius 1 is 1.21 bits per heavy atom. The van der Waals surface area contributed by atoms with Crippen molar-refractivity contribution in [1.82, 2.24) is 0 Å². The van der Waals surface area contributed by atoms with E-state index < -0.39 is 5.54 Å². The molecule has 0 unspecified atom stereocenters. The maximum Gasteiger partial charge on any atom is 0.325 e. The van der Waals surface area contributed by atoms with Gasteiger partial charge in [-0.05, 0) is 12.8 Å².